The van der Waals surface area contributed by atoms with Crippen molar-refractivity contribution in [3.8, 4) is 11.5 Å². The van der Waals surface area contributed by atoms with Crippen LogP contribution in [0, 0.1) is 0 Å². The van der Waals surface area contributed by atoms with Crippen LogP contribution >= 0.6 is 0 Å². The summed E-state index contributed by atoms with van der Waals surface area (Å²) in [4.78, 5) is 0. The number of unbranched alkanes of at least 4 members (excludes halogenated alkanes) is 2. The van der Waals surface area contributed by atoms with E-state index in [1.54, 1.807) is 0 Å². The average Bonchev–Trinajstić information content (AvgIpc) is 2.76. The molecule has 1 N–H and O–H groups in total. The third-order valence-electron chi connectivity index (χ3n) is 2.72. The van der Waals surface area contributed by atoms with Gasteiger partial charge in [0.25, 0.3) is 0 Å². The van der Waals surface area contributed by atoms with Crippen molar-refractivity contribution in [2.75, 3.05) is 13.3 Å². The van der Waals surface area contributed by atoms with Crippen LogP contribution in [-0.4, -0.2) is 13.3 Å². The van der Waals surface area contributed by atoms with E-state index < -0.39 is 0 Å². The third kappa shape index (κ3) is 2.89. The summed E-state index contributed by atoms with van der Waals surface area (Å²) in [5.41, 5.74) is 1.25. The molecule has 0 fully saturated rings. The Morgan fingerprint density at radius 1 is 1.19 bits per heavy atom. The van der Waals surface area contributed by atoms with E-state index >= 15 is 0 Å². The van der Waals surface area contributed by atoms with Crippen LogP contribution in [0.25, 0.3) is 0 Å². The molecule has 16 heavy (non-hydrogen) atoms. The molecular formula is C13H19NO2. The van der Waals surface area contributed by atoms with Crippen LogP contribution in [0.5, 0.6) is 11.5 Å². The highest BCUT2D eigenvalue weighted by molar-refractivity contribution is 5.44. The molecular weight excluding hydrogens is 202 g/mol. The summed E-state index contributed by atoms with van der Waals surface area (Å²) in [5.74, 6) is 1.72. The normalized spacial score (nSPS) is 13.1. The zero-order valence-electron chi connectivity index (χ0n) is 9.79. The largest absolute Gasteiger partial charge is 0.454 e. The predicted molar refractivity (Wildman–Crippen MR) is 63.8 cm³/mol. The van der Waals surface area contributed by atoms with Gasteiger partial charge < -0.3 is 14.8 Å². The van der Waals surface area contributed by atoms with Gasteiger partial charge in [0.2, 0.25) is 6.79 Å². The van der Waals surface area contributed by atoms with E-state index in [4.69, 9.17) is 9.47 Å². The molecule has 1 aliphatic rings. The van der Waals surface area contributed by atoms with E-state index in [0.29, 0.717) is 6.79 Å². The number of hydrogen-bond donors (Lipinski definition) is 1. The van der Waals surface area contributed by atoms with Crippen molar-refractivity contribution < 1.29 is 9.47 Å². The molecule has 1 aromatic rings. The van der Waals surface area contributed by atoms with Crippen LogP contribution in [0.2, 0.25) is 0 Å². The highest BCUT2D eigenvalue weighted by Gasteiger charge is 2.12. The molecule has 0 radical (unpaired) electrons. The van der Waals surface area contributed by atoms with Gasteiger partial charge in [0.15, 0.2) is 11.5 Å². The first kappa shape index (κ1) is 11.3. The van der Waals surface area contributed by atoms with E-state index in [0.717, 1.165) is 24.6 Å². The Labute approximate surface area is 96.8 Å². The average molecular weight is 221 g/mol. The molecule has 88 valence electrons. The molecule has 0 bridgehead atoms. The van der Waals surface area contributed by atoms with Gasteiger partial charge in [-0.15, -0.1) is 0 Å². The Morgan fingerprint density at radius 2 is 2.06 bits per heavy atom. The lowest BCUT2D eigenvalue weighted by molar-refractivity contribution is 0.174. The molecule has 0 atom stereocenters. The minimum atomic E-state index is 0.350. The number of rotatable bonds is 6. The Bertz CT molecular complexity index is 339. The number of hydrogen-bond acceptors (Lipinski definition) is 3. The Kier molecular flexibility index (Phi) is 4.05. The van der Waals surface area contributed by atoms with Gasteiger partial charge in [0, 0.05) is 6.54 Å². The van der Waals surface area contributed by atoms with Crippen molar-refractivity contribution in [2.24, 2.45) is 0 Å². The van der Waals surface area contributed by atoms with Gasteiger partial charge in [0.1, 0.15) is 0 Å². The number of nitrogens with one attached hydrogen (secondary N) is 1. The Hall–Kier alpha value is -1.22. The van der Waals surface area contributed by atoms with Crippen LogP contribution in [0.15, 0.2) is 18.2 Å². The summed E-state index contributed by atoms with van der Waals surface area (Å²) in [7, 11) is 0. The van der Waals surface area contributed by atoms with Gasteiger partial charge >= 0.3 is 0 Å². The Balaban J connectivity index is 1.77. The highest BCUT2D eigenvalue weighted by Crippen LogP contribution is 2.32. The molecule has 1 aromatic carbocycles. The van der Waals surface area contributed by atoms with Gasteiger partial charge in [-0.2, -0.15) is 0 Å². The minimum Gasteiger partial charge on any atom is -0.454 e. The van der Waals surface area contributed by atoms with Gasteiger partial charge in [-0.25, -0.2) is 0 Å². The summed E-state index contributed by atoms with van der Waals surface area (Å²) in [6.45, 7) is 4.56. The molecule has 2 rings (SSSR count). The molecule has 1 aliphatic heterocycles. The first-order chi connectivity index (χ1) is 7.90. The third-order valence-corrected chi connectivity index (χ3v) is 2.72. The number of benzene rings is 1. The van der Waals surface area contributed by atoms with Crippen molar-refractivity contribution in [1.29, 1.82) is 0 Å². The van der Waals surface area contributed by atoms with Crippen LogP contribution in [0.1, 0.15) is 31.7 Å². The number of fused-ring (bicyclic) bond motifs is 1. The second kappa shape index (κ2) is 5.75. The van der Waals surface area contributed by atoms with Gasteiger partial charge in [-0.1, -0.05) is 25.8 Å². The summed E-state index contributed by atoms with van der Waals surface area (Å²) >= 11 is 0. The van der Waals surface area contributed by atoms with Crippen molar-refractivity contribution in [1.82, 2.24) is 5.32 Å². The first-order valence-corrected chi connectivity index (χ1v) is 5.99. The van der Waals surface area contributed by atoms with Crippen molar-refractivity contribution in [3.05, 3.63) is 23.8 Å². The van der Waals surface area contributed by atoms with E-state index in [2.05, 4.69) is 24.4 Å². The van der Waals surface area contributed by atoms with Gasteiger partial charge in [-0.05, 0) is 30.7 Å². The molecule has 0 unspecified atom stereocenters. The van der Waals surface area contributed by atoms with E-state index in [1.807, 2.05) is 6.07 Å². The predicted octanol–water partition coefficient (Wildman–Crippen LogP) is 2.70. The summed E-state index contributed by atoms with van der Waals surface area (Å²) in [6, 6.07) is 6.11. The summed E-state index contributed by atoms with van der Waals surface area (Å²) in [5, 5.41) is 3.43. The monoisotopic (exact) mass is 221 g/mol. The fourth-order valence-electron chi connectivity index (χ4n) is 1.78. The van der Waals surface area contributed by atoms with Crippen LogP contribution in [-0.2, 0) is 6.54 Å². The zero-order valence-corrected chi connectivity index (χ0v) is 9.79. The molecule has 0 aromatic heterocycles. The second-order valence-electron chi connectivity index (χ2n) is 4.07. The lowest BCUT2D eigenvalue weighted by Crippen LogP contribution is -2.14. The maximum atomic E-state index is 5.33. The van der Waals surface area contributed by atoms with Gasteiger partial charge in [-0.3, -0.25) is 0 Å². The van der Waals surface area contributed by atoms with Gasteiger partial charge in [0.05, 0.1) is 0 Å². The van der Waals surface area contributed by atoms with E-state index in [-0.39, 0.29) is 0 Å². The molecule has 1 heterocycles. The second-order valence-corrected chi connectivity index (χ2v) is 4.07. The van der Waals surface area contributed by atoms with Crippen LogP contribution < -0.4 is 14.8 Å². The first-order valence-electron chi connectivity index (χ1n) is 5.99. The molecule has 0 amide bonds. The maximum Gasteiger partial charge on any atom is 0.231 e. The summed E-state index contributed by atoms with van der Waals surface area (Å²) < 4.78 is 10.6. The van der Waals surface area contributed by atoms with Crippen molar-refractivity contribution in [3.63, 3.8) is 0 Å². The van der Waals surface area contributed by atoms with E-state index in [1.165, 1.54) is 24.8 Å². The van der Waals surface area contributed by atoms with Crippen molar-refractivity contribution in [2.45, 2.75) is 32.7 Å². The van der Waals surface area contributed by atoms with Crippen molar-refractivity contribution >= 4 is 0 Å². The standard InChI is InChI=1S/C13H19NO2/c1-2-3-4-7-14-9-11-5-6-12-13(8-11)16-10-15-12/h5-6,8,14H,2-4,7,9-10H2,1H3. The fraction of sp³-hybridized carbons (Fsp3) is 0.538. The minimum absolute atomic E-state index is 0.350. The SMILES string of the molecule is CCCCCNCc1ccc2c(c1)OCO2. The quantitative estimate of drug-likeness (QED) is 0.749. The Morgan fingerprint density at radius 3 is 2.94 bits per heavy atom. The number of ether oxygens (including phenoxy) is 2. The fourth-order valence-corrected chi connectivity index (χ4v) is 1.78. The molecule has 3 nitrogen and oxygen atoms in total. The van der Waals surface area contributed by atoms with Crippen LogP contribution in [0.4, 0.5) is 0 Å². The molecule has 0 aliphatic carbocycles. The molecule has 0 saturated heterocycles. The van der Waals surface area contributed by atoms with E-state index in [9.17, 15) is 0 Å². The molecule has 0 saturated carbocycles. The zero-order chi connectivity index (χ0) is 11.2. The summed E-state index contributed by atoms with van der Waals surface area (Å²) in [6.07, 6.45) is 3.82. The molecule has 0 spiro atoms. The highest BCUT2D eigenvalue weighted by atomic mass is 16.7. The lowest BCUT2D eigenvalue weighted by atomic mass is 10.2. The smallest absolute Gasteiger partial charge is 0.231 e. The maximum absolute atomic E-state index is 5.33. The topological polar surface area (TPSA) is 30.5 Å². The lowest BCUT2D eigenvalue weighted by Gasteiger charge is -2.05. The van der Waals surface area contributed by atoms with Crippen LogP contribution in [0.3, 0.4) is 0 Å². The molecule has 3 heteroatoms.